The molecule has 0 radical (unpaired) electrons. The van der Waals surface area contributed by atoms with Crippen LogP contribution in [0.3, 0.4) is 0 Å². The van der Waals surface area contributed by atoms with Gasteiger partial charge in [0.2, 0.25) is 5.91 Å². The molecule has 0 aliphatic heterocycles. The number of aryl methyl sites for hydroxylation is 1. The predicted molar refractivity (Wildman–Crippen MR) is 83.6 cm³/mol. The molecule has 2 heteroatoms. The third-order valence-electron chi connectivity index (χ3n) is 3.55. The lowest BCUT2D eigenvalue weighted by molar-refractivity contribution is 0.100. The molecule has 2 rings (SSSR count). The number of hydrogen-bond donors (Lipinski definition) is 1. The van der Waals surface area contributed by atoms with Gasteiger partial charge in [-0.2, -0.15) is 0 Å². The van der Waals surface area contributed by atoms with Crippen LogP contribution >= 0.6 is 0 Å². The van der Waals surface area contributed by atoms with Gasteiger partial charge in [0.1, 0.15) is 0 Å². The van der Waals surface area contributed by atoms with E-state index >= 15 is 0 Å². The van der Waals surface area contributed by atoms with E-state index in [1.807, 2.05) is 24.3 Å². The summed E-state index contributed by atoms with van der Waals surface area (Å²) in [5.41, 5.74) is 9.42. The van der Waals surface area contributed by atoms with E-state index in [2.05, 4.69) is 25.1 Å². The Hall–Kier alpha value is -2.09. The summed E-state index contributed by atoms with van der Waals surface area (Å²) in [5.74, 6) is -0.371. The molecule has 0 bridgehead atoms. The number of unbranched alkanes of at least 4 members (excludes halogenated alkanes) is 2. The number of nitrogens with two attached hydrogens (primary N) is 1. The Labute approximate surface area is 120 Å². The maximum Gasteiger partial charge on any atom is 0.249 e. The second kappa shape index (κ2) is 6.90. The zero-order valence-corrected chi connectivity index (χ0v) is 11.9. The molecular weight excluding hydrogens is 246 g/mol. The molecule has 2 nitrogen and oxygen atoms in total. The summed E-state index contributed by atoms with van der Waals surface area (Å²) in [6.45, 7) is 2.20. The van der Waals surface area contributed by atoms with Gasteiger partial charge in [-0.05, 0) is 35.6 Å². The maximum absolute atomic E-state index is 11.6. The fraction of sp³-hybridized carbons (Fsp3) is 0.278. The lowest BCUT2D eigenvalue weighted by atomic mass is 9.92. The predicted octanol–water partition coefficient (Wildman–Crippen LogP) is 4.19. The molecule has 0 aromatic heterocycles. The van der Waals surface area contributed by atoms with Gasteiger partial charge in [0.15, 0.2) is 0 Å². The molecule has 0 aliphatic rings. The molecule has 2 aromatic carbocycles. The number of amides is 1. The van der Waals surface area contributed by atoms with Crippen LogP contribution in [0.15, 0.2) is 48.5 Å². The van der Waals surface area contributed by atoms with Gasteiger partial charge < -0.3 is 5.73 Å². The summed E-state index contributed by atoms with van der Waals surface area (Å²) in [6.07, 6.45) is 4.65. The molecule has 0 fully saturated rings. The van der Waals surface area contributed by atoms with Crippen molar-refractivity contribution in [3.8, 4) is 11.1 Å². The molecule has 0 aliphatic carbocycles. The maximum atomic E-state index is 11.6. The number of carbonyl (C=O) groups is 1. The Bertz CT molecular complexity index is 589. The lowest BCUT2D eigenvalue weighted by Crippen LogP contribution is -2.12. The van der Waals surface area contributed by atoms with Gasteiger partial charge in [0, 0.05) is 5.56 Å². The monoisotopic (exact) mass is 267 g/mol. The van der Waals surface area contributed by atoms with Crippen molar-refractivity contribution in [2.75, 3.05) is 0 Å². The fourth-order valence-electron chi connectivity index (χ4n) is 2.50. The number of benzene rings is 2. The van der Waals surface area contributed by atoms with Crippen molar-refractivity contribution in [1.29, 1.82) is 0 Å². The highest BCUT2D eigenvalue weighted by Crippen LogP contribution is 2.28. The van der Waals surface area contributed by atoms with Gasteiger partial charge in [-0.15, -0.1) is 0 Å². The highest BCUT2D eigenvalue weighted by molar-refractivity contribution is 6.00. The minimum atomic E-state index is -0.371. The van der Waals surface area contributed by atoms with Crippen molar-refractivity contribution in [3.05, 3.63) is 59.7 Å². The molecule has 104 valence electrons. The molecule has 2 N–H and O–H groups in total. The minimum Gasteiger partial charge on any atom is -0.366 e. The van der Waals surface area contributed by atoms with Gasteiger partial charge in [-0.3, -0.25) is 4.79 Å². The molecular formula is C18H21NO. The summed E-state index contributed by atoms with van der Waals surface area (Å²) in [5, 5.41) is 0. The third kappa shape index (κ3) is 3.27. The second-order valence-electron chi connectivity index (χ2n) is 5.02. The smallest absolute Gasteiger partial charge is 0.249 e. The van der Waals surface area contributed by atoms with E-state index in [9.17, 15) is 4.79 Å². The molecule has 1 amide bonds. The van der Waals surface area contributed by atoms with E-state index in [4.69, 9.17) is 5.73 Å². The van der Waals surface area contributed by atoms with Crippen molar-refractivity contribution in [2.45, 2.75) is 32.6 Å². The van der Waals surface area contributed by atoms with Gasteiger partial charge in [0.05, 0.1) is 0 Å². The van der Waals surface area contributed by atoms with Gasteiger partial charge in [-0.1, -0.05) is 62.2 Å². The van der Waals surface area contributed by atoms with Crippen LogP contribution < -0.4 is 5.73 Å². The molecule has 2 aromatic rings. The van der Waals surface area contributed by atoms with Gasteiger partial charge in [0.25, 0.3) is 0 Å². The Morgan fingerprint density at radius 1 is 0.950 bits per heavy atom. The summed E-state index contributed by atoms with van der Waals surface area (Å²) in [7, 11) is 0. The zero-order valence-electron chi connectivity index (χ0n) is 11.9. The Balaban J connectivity index is 2.40. The van der Waals surface area contributed by atoms with E-state index in [0.29, 0.717) is 5.56 Å². The molecule has 0 atom stereocenters. The van der Waals surface area contributed by atoms with Crippen molar-refractivity contribution in [2.24, 2.45) is 5.73 Å². The van der Waals surface area contributed by atoms with Crippen LogP contribution in [0.2, 0.25) is 0 Å². The van der Waals surface area contributed by atoms with E-state index in [-0.39, 0.29) is 5.91 Å². The number of carbonyl (C=O) groups excluding carboxylic acids is 1. The summed E-state index contributed by atoms with van der Waals surface area (Å²) >= 11 is 0. The first kappa shape index (κ1) is 14.3. The average molecular weight is 267 g/mol. The fourth-order valence-corrected chi connectivity index (χ4v) is 2.50. The first-order valence-corrected chi connectivity index (χ1v) is 7.21. The number of primary amides is 1. The number of rotatable bonds is 6. The Morgan fingerprint density at radius 2 is 1.60 bits per heavy atom. The summed E-state index contributed by atoms with van der Waals surface area (Å²) in [4.78, 5) is 11.6. The van der Waals surface area contributed by atoms with Gasteiger partial charge in [-0.25, -0.2) is 0 Å². The first-order valence-electron chi connectivity index (χ1n) is 7.21. The van der Waals surface area contributed by atoms with Crippen LogP contribution in [0.4, 0.5) is 0 Å². The minimum absolute atomic E-state index is 0.371. The largest absolute Gasteiger partial charge is 0.366 e. The van der Waals surface area contributed by atoms with Crippen molar-refractivity contribution in [1.82, 2.24) is 0 Å². The molecule has 0 heterocycles. The SMILES string of the molecule is CCCCCc1ccccc1-c1ccccc1C(N)=O. The number of hydrogen-bond acceptors (Lipinski definition) is 1. The van der Waals surface area contributed by atoms with Crippen molar-refractivity contribution >= 4 is 5.91 Å². The quantitative estimate of drug-likeness (QED) is 0.784. The van der Waals surface area contributed by atoms with Crippen LogP contribution in [-0.4, -0.2) is 5.91 Å². The normalized spacial score (nSPS) is 10.4. The highest BCUT2D eigenvalue weighted by Gasteiger charge is 2.11. The van der Waals surface area contributed by atoms with Crippen LogP contribution in [0, 0.1) is 0 Å². The third-order valence-corrected chi connectivity index (χ3v) is 3.55. The summed E-state index contributed by atoms with van der Waals surface area (Å²) < 4.78 is 0. The summed E-state index contributed by atoms with van der Waals surface area (Å²) in [6, 6.07) is 15.8. The molecule has 20 heavy (non-hydrogen) atoms. The van der Waals surface area contributed by atoms with Crippen molar-refractivity contribution in [3.63, 3.8) is 0 Å². The zero-order chi connectivity index (χ0) is 14.4. The van der Waals surface area contributed by atoms with Crippen LogP contribution in [-0.2, 0) is 6.42 Å². The highest BCUT2D eigenvalue weighted by atomic mass is 16.1. The Kier molecular flexibility index (Phi) is 4.94. The Morgan fingerprint density at radius 3 is 2.30 bits per heavy atom. The topological polar surface area (TPSA) is 43.1 Å². The van der Waals surface area contributed by atoms with E-state index in [0.717, 1.165) is 17.5 Å². The van der Waals surface area contributed by atoms with Crippen LogP contribution in [0.25, 0.3) is 11.1 Å². The molecule has 0 saturated heterocycles. The average Bonchev–Trinajstić information content (AvgIpc) is 2.48. The standard InChI is InChI=1S/C18H21NO/c1-2-3-4-9-14-10-5-6-11-15(14)16-12-7-8-13-17(16)18(19)20/h5-8,10-13H,2-4,9H2,1H3,(H2,19,20). The molecule has 0 unspecified atom stereocenters. The van der Waals surface area contributed by atoms with Crippen LogP contribution in [0.1, 0.15) is 42.1 Å². The molecule has 0 spiro atoms. The van der Waals surface area contributed by atoms with Gasteiger partial charge >= 0.3 is 0 Å². The first-order chi connectivity index (χ1) is 9.74. The van der Waals surface area contributed by atoms with E-state index in [1.165, 1.54) is 24.8 Å². The second-order valence-corrected chi connectivity index (χ2v) is 5.02. The lowest BCUT2D eigenvalue weighted by Gasteiger charge is -2.12. The van der Waals surface area contributed by atoms with E-state index in [1.54, 1.807) is 6.07 Å². The molecule has 0 saturated carbocycles. The van der Waals surface area contributed by atoms with E-state index < -0.39 is 0 Å². The van der Waals surface area contributed by atoms with Crippen molar-refractivity contribution < 1.29 is 4.79 Å². The van der Waals surface area contributed by atoms with Crippen LogP contribution in [0.5, 0.6) is 0 Å².